The number of aliphatic imine (C=N–C) groups is 1. The summed E-state index contributed by atoms with van der Waals surface area (Å²) in [4.78, 5) is 9.77. The molecule has 0 amide bonds. The first-order valence-corrected chi connectivity index (χ1v) is 10.4. The number of guanidine groups is 1. The second-order valence-corrected chi connectivity index (χ2v) is 7.16. The van der Waals surface area contributed by atoms with Crippen LogP contribution in [-0.4, -0.2) is 87.9 Å². The highest BCUT2D eigenvalue weighted by Crippen LogP contribution is 2.19. The maximum Gasteiger partial charge on any atom is 0.191 e. The second-order valence-electron chi connectivity index (χ2n) is 7.16. The Labute approximate surface area is 177 Å². The van der Waals surface area contributed by atoms with Crippen LogP contribution in [0.5, 0.6) is 0 Å². The highest BCUT2D eigenvalue weighted by Gasteiger charge is 2.17. The number of rotatable bonds is 9. The van der Waals surface area contributed by atoms with E-state index in [1.807, 2.05) is 0 Å². The molecule has 7 heteroatoms. The lowest BCUT2D eigenvalue weighted by atomic mass is 9.93. The van der Waals surface area contributed by atoms with Gasteiger partial charge in [0.15, 0.2) is 5.96 Å². The normalized spacial score (nSPS) is 20.6. The molecule has 0 atom stereocenters. The van der Waals surface area contributed by atoms with E-state index < -0.39 is 0 Å². The third-order valence-electron chi connectivity index (χ3n) is 5.35. The van der Waals surface area contributed by atoms with E-state index in [2.05, 4.69) is 34.3 Å². The number of nitrogens with zero attached hydrogens (tertiary/aromatic N) is 3. The highest BCUT2D eigenvalue weighted by atomic mass is 127. The van der Waals surface area contributed by atoms with Crippen molar-refractivity contribution >= 4 is 29.9 Å². The van der Waals surface area contributed by atoms with Gasteiger partial charge < -0.3 is 20.3 Å². The van der Waals surface area contributed by atoms with Crippen molar-refractivity contribution in [1.29, 1.82) is 0 Å². The standard InChI is InChI=1S/C19H39N5O.HI/c1-3-20-19(21-9-5-11-24-14-16-25-17-15-24)22-10-6-18-7-12-23(4-2)13-8-18;/h18H,3-17H2,1-2H3,(H2,20,21,22);1H. The van der Waals surface area contributed by atoms with Gasteiger partial charge in [0.1, 0.15) is 0 Å². The maximum atomic E-state index is 5.39. The van der Waals surface area contributed by atoms with Crippen molar-refractivity contribution in [3.05, 3.63) is 0 Å². The van der Waals surface area contributed by atoms with Crippen molar-refractivity contribution in [3.63, 3.8) is 0 Å². The molecule has 2 fully saturated rings. The largest absolute Gasteiger partial charge is 0.379 e. The number of morpholine rings is 1. The predicted octanol–water partition coefficient (Wildman–Crippen LogP) is 2.00. The number of hydrogen-bond donors (Lipinski definition) is 2. The third kappa shape index (κ3) is 9.71. The zero-order valence-electron chi connectivity index (χ0n) is 16.8. The monoisotopic (exact) mass is 481 g/mol. The average molecular weight is 481 g/mol. The van der Waals surface area contributed by atoms with Crippen molar-refractivity contribution < 1.29 is 4.74 Å². The molecular weight excluding hydrogens is 441 g/mol. The fraction of sp³-hybridized carbons (Fsp3) is 0.947. The molecule has 2 heterocycles. The third-order valence-corrected chi connectivity index (χ3v) is 5.35. The minimum atomic E-state index is 0. The fourth-order valence-electron chi connectivity index (χ4n) is 3.64. The molecule has 0 radical (unpaired) electrons. The Kier molecular flexibility index (Phi) is 13.7. The summed E-state index contributed by atoms with van der Waals surface area (Å²) in [6, 6.07) is 0. The van der Waals surface area contributed by atoms with Crippen LogP contribution in [-0.2, 0) is 4.74 Å². The van der Waals surface area contributed by atoms with Gasteiger partial charge in [-0.05, 0) is 58.2 Å². The predicted molar refractivity (Wildman–Crippen MR) is 121 cm³/mol. The van der Waals surface area contributed by atoms with E-state index in [-0.39, 0.29) is 24.0 Å². The lowest BCUT2D eigenvalue weighted by Crippen LogP contribution is -2.40. The molecule has 2 saturated heterocycles. The van der Waals surface area contributed by atoms with E-state index in [1.54, 1.807) is 0 Å². The number of piperidine rings is 1. The van der Waals surface area contributed by atoms with Crippen LogP contribution in [0.4, 0.5) is 0 Å². The number of nitrogens with one attached hydrogen (secondary N) is 2. The second kappa shape index (κ2) is 14.9. The zero-order valence-corrected chi connectivity index (χ0v) is 19.2. The number of hydrogen-bond acceptors (Lipinski definition) is 4. The molecule has 0 aliphatic carbocycles. The van der Waals surface area contributed by atoms with Crippen molar-refractivity contribution in [2.75, 3.05) is 72.1 Å². The Hall–Kier alpha value is -0.120. The van der Waals surface area contributed by atoms with Gasteiger partial charge in [-0.3, -0.25) is 9.89 Å². The summed E-state index contributed by atoms with van der Waals surface area (Å²) < 4.78 is 5.39. The Morgan fingerprint density at radius 2 is 1.77 bits per heavy atom. The summed E-state index contributed by atoms with van der Waals surface area (Å²) in [6.45, 7) is 16.0. The number of likely N-dealkylation sites (tertiary alicyclic amines) is 1. The van der Waals surface area contributed by atoms with Crippen LogP contribution in [0.3, 0.4) is 0 Å². The minimum Gasteiger partial charge on any atom is -0.379 e. The Bertz CT molecular complexity index is 369. The number of halogens is 1. The van der Waals surface area contributed by atoms with Crippen LogP contribution in [0, 0.1) is 5.92 Å². The molecular formula is C19H40IN5O. The van der Waals surface area contributed by atoms with Gasteiger partial charge in [0.2, 0.25) is 0 Å². The summed E-state index contributed by atoms with van der Waals surface area (Å²) in [5.74, 6) is 1.86. The first-order chi connectivity index (χ1) is 12.3. The van der Waals surface area contributed by atoms with Crippen LogP contribution in [0.1, 0.15) is 39.5 Å². The first-order valence-electron chi connectivity index (χ1n) is 10.4. The van der Waals surface area contributed by atoms with Crippen LogP contribution >= 0.6 is 24.0 Å². The van der Waals surface area contributed by atoms with Crippen LogP contribution in [0.15, 0.2) is 4.99 Å². The Morgan fingerprint density at radius 1 is 1.04 bits per heavy atom. The summed E-state index contributed by atoms with van der Waals surface area (Å²) in [6.07, 6.45) is 5.08. The molecule has 2 N–H and O–H groups in total. The molecule has 0 aromatic rings. The molecule has 6 nitrogen and oxygen atoms in total. The first kappa shape index (κ1) is 23.9. The Balaban J connectivity index is 0.00000338. The summed E-state index contributed by atoms with van der Waals surface area (Å²) in [5, 5.41) is 6.90. The van der Waals surface area contributed by atoms with Crippen molar-refractivity contribution in [3.8, 4) is 0 Å². The van der Waals surface area contributed by atoms with Gasteiger partial charge in [-0.2, -0.15) is 0 Å². The summed E-state index contributed by atoms with van der Waals surface area (Å²) in [5.41, 5.74) is 0. The van der Waals surface area contributed by atoms with Gasteiger partial charge in [0.25, 0.3) is 0 Å². The van der Waals surface area contributed by atoms with E-state index in [0.717, 1.165) is 70.8 Å². The molecule has 0 saturated carbocycles. The van der Waals surface area contributed by atoms with Crippen molar-refractivity contribution in [2.45, 2.75) is 39.5 Å². The number of ether oxygens (including phenoxy) is 1. The SMILES string of the molecule is CCNC(=NCCCN1CCOCC1)NCCC1CCN(CC)CC1.I. The van der Waals surface area contributed by atoms with Crippen LogP contribution < -0.4 is 10.6 Å². The molecule has 154 valence electrons. The summed E-state index contributed by atoms with van der Waals surface area (Å²) in [7, 11) is 0. The van der Waals surface area contributed by atoms with Crippen LogP contribution in [0.25, 0.3) is 0 Å². The van der Waals surface area contributed by atoms with Gasteiger partial charge >= 0.3 is 0 Å². The average Bonchev–Trinajstić information content (AvgIpc) is 2.66. The van der Waals surface area contributed by atoms with E-state index in [4.69, 9.17) is 9.73 Å². The van der Waals surface area contributed by atoms with E-state index in [9.17, 15) is 0 Å². The lowest BCUT2D eigenvalue weighted by molar-refractivity contribution is 0.0377. The molecule has 0 bridgehead atoms. The van der Waals surface area contributed by atoms with Gasteiger partial charge in [-0.15, -0.1) is 24.0 Å². The summed E-state index contributed by atoms with van der Waals surface area (Å²) >= 11 is 0. The zero-order chi connectivity index (χ0) is 17.7. The fourth-order valence-corrected chi connectivity index (χ4v) is 3.64. The van der Waals surface area contributed by atoms with Crippen molar-refractivity contribution in [1.82, 2.24) is 20.4 Å². The molecule has 2 aliphatic heterocycles. The molecule has 2 aliphatic rings. The molecule has 0 unspecified atom stereocenters. The molecule has 0 spiro atoms. The molecule has 26 heavy (non-hydrogen) atoms. The van der Waals surface area contributed by atoms with E-state index in [0.29, 0.717) is 0 Å². The van der Waals surface area contributed by atoms with Crippen LogP contribution in [0.2, 0.25) is 0 Å². The molecule has 0 aromatic carbocycles. The quantitative estimate of drug-likeness (QED) is 0.229. The Morgan fingerprint density at radius 3 is 2.42 bits per heavy atom. The lowest BCUT2D eigenvalue weighted by Gasteiger charge is -2.31. The molecule has 0 aromatic heterocycles. The smallest absolute Gasteiger partial charge is 0.191 e. The van der Waals surface area contributed by atoms with Gasteiger partial charge in [0.05, 0.1) is 13.2 Å². The minimum absolute atomic E-state index is 0. The maximum absolute atomic E-state index is 5.39. The van der Waals surface area contributed by atoms with E-state index in [1.165, 1.54) is 38.9 Å². The van der Waals surface area contributed by atoms with Gasteiger partial charge in [0, 0.05) is 39.3 Å². The van der Waals surface area contributed by atoms with E-state index >= 15 is 0 Å². The van der Waals surface area contributed by atoms with Crippen molar-refractivity contribution in [2.24, 2.45) is 10.9 Å². The molecule has 2 rings (SSSR count). The van der Waals surface area contributed by atoms with Gasteiger partial charge in [-0.25, -0.2) is 0 Å². The van der Waals surface area contributed by atoms with Gasteiger partial charge in [-0.1, -0.05) is 6.92 Å². The topological polar surface area (TPSA) is 52.1 Å². The highest BCUT2D eigenvalue weighted by molar-refractivity contribution is 14.0.